The van der Waals surface area contributed by atoms with Gasteiger partial charge in [-0.05, 0) is 49.4 Å². The fraction of sp³-hybridized carbons (Fsp3) is 0.286. The number of carbonyl (C=O) groups excluding carboxylic acids is 1. The minimum Gasteiger partial charge on any atom is -0.459 e. The number of benzene rings is 1. The van der Waals surface area contributed by atoms with E-state index in [4.69, 9.17) is 8.83 Å². The van der Waals surface area contributed by atoms with Gasteiger partial charge in [0.2, 0.25) is 17.5 Å². The summed E-state index contributed by atoms with van der Waals surface area (Å²) in [5.41, 5.74) is 1.04. The number of nitrogens with one attached hydrogen (secondary N) is 1. The summed E-state index contributed by atoms with van der Waals surface area (Å²) in [7, 11) is 0. The molecule has 3 aromatic rings. The van der Waals surface area contributed by atoms with E-state index in [1.165, 1.54) is 6.26 Å². The predicted molar refractivity (Wildman–Crippen MR) is 111 cm³/mol. The van der Waals surface area contributed by atoms with Crippen LogP contribution in [-0.4, -0.2) is 30.2 Å². The molecule has 0 bridgehead atoms. The van der Waals surface area contributed by atoms with Gasteiger partial charge in [-0.25, -0.2) is 0 Å². The molecule has 1 saturated heterocycles. The van der Waals surface area contributed by atoms with Gasteiger partial charge in [0.1, 0.15) is 6.07 Å². The molecule has 0 aliphatic carbocycles. The van der Waals surface area contributed by atoms with Gasteiger partial charge in [0.25, 0.3) is 5.89 Å². The van der Waals surface area contributed by atoms with Crippen molar-refractivity contribution in [3.63, 3.8) is 0 Å². The van der Waals surface area contributed by atoms with E-state index in [9.17, 15) is 10.1 Å². The van der Waals surface area contributed by atoms with Gasteiger partial charge in [-0.15, -0.1) is 11.8 Å². The Bertz CT molecular complexity index is 1030. The molecule has 29 heavy (non-hydrogen) atoms. The highest BCUT2D eigenvalue weighted by molar-refractivity contribution is 7.98. The van der Waals surface area contributed by atoms with Crippen molar-refractivity contribution in [2.75, 3.05) is 29.6 Å². The molecule has 1 fully saturated rings. The molecular weight excluding hydrogens is 388 g/mol. The van der Waals surface area contributed by atoms with Crippen LogP contribution in [0.5, 0.6) is 0 Å². The number of aromatic nitrogens is 1. The third kappa shape index (κ3) is 4.15. The van der Waals surface area contributed by atoms with Crippen molar-refractivity contribution < 1.29 is 13.6 Å². The number of hydrogen-bond donors (Lipinski definition) is 1. The second-order valence-electron chi connectivity index (χ2n) is 6.74. The van der Waals surface area contributed by atoms with E-state index >= 15 is 0 Å². The highest BCUT2D eigenvalue weighted by atomic mass is 32.2. The summed E-state index contributed by atoms with van der Waals surface area (Å²) in [4.78, 5) is 20.0. The number of oxazole rings is 1. The lowest BCUT2D eigenvalue weighted by atomic mass is 9.96. The van der Waals surface area contributed by atoms with Crippen LogP contribution < -0.4 is 10.2 Å². The highest BCUT2D eigenvalue weighted by Gasteiger charge is 2.29. The van der Waals surface area contributed by atoms with Crippen LogP contribution in [0.1, 0.15) is 18.5 Å². The molecule has 8 heteroatoms. The van der Waals surface area contributed by atoms with Crippen molar-refractivity contribution in [2.24, 2.45) is 5.92 Å². The van der Waals surface area contributed by atoms with E-state index in [-0.39, 0.29) is 23.4 Å². The van der Waals surface area contributed by atoms with Crippen LogP contribution >= 0.6 is 11.8 Å². The molecule has 0 spiro atoms. The number of carbonyl (C=O) groups is 1. The lowest BCUT2D eigenvalue weighted by Crippen LogP contribution is -2.38. The monoisotopic (exact) mass is 408 g/mol. The number of anilines is 2. The summed E-state index contributed by atoms with van der Waals surface area (Å²) >= 11 is 1.64. The number of amides is 1. The average Bonchev–Trinajstić information content (AvgIpc) is 3.43. The minimum absolute atomic E-state index is 0.0252. The zero-order valence-corrected chi connectivity index (χ0v) is 16.7. The molecule has 0 atom stereocenters. The van der Waals surface area contributed by atoms with Crippen LogP contribution in [0.4, 0.5) is 11.6 Å². The SMILES string of the molecule is CSc1cccc(NC(=O)C2CCN(c3oc(-c4ccco4)nc3C#N)CC2)c1. The molecule has 1 aliphatic heterocycles. The Labute approximate surface area is 172 Å². The van der Waals surface area contributed by atoms with Gasteiger partial charge in [-0.2, -0.15) is 10.2 Å². The van der Waals surface area contributed by atoms with Crippen molar-refractivity contribution in [1.82, 2.24) is 4.98 Å². The standard InChI is InChI=1S/C21H20N4O3S/c1-29-16-5-2-4-15(12-16)23-19(26)14-7-9-25(10-8-14)21-17(13-22)24-20(28-21)18-6-3-11-27-18/h2-6,11-12,14H,7-10H2,1H3,(H,23,26). The minimum atomic E-state index is -0.0813. The second-order valence-corrected chi connectivity index (χ2v) is 7.62. The molecule has 0 radical (unpaired) electrons. The van der Waals surface area contributed by atoms with Crippen LogP contribution in [0.3, 0.4) is 0 Å². The lowest BCUT2D eigenvalue weighted by Gasteiger charge is -2.31. The summed E-state index contributed by atoms with van der Waals surface area (Å²) in [6.45, 7) is 1.23. The van der Waals surface area contributed by atoms with Gasteiger partial charge in [0.05, 0.1) is 6.26 Å². The second kappa shape index (κ2) is 8.45. The highest BCUT2D eigenvalue weighted by Crippen LogP contribution is 2.31. The summed E-state index contributed by atoms with van der Waals surface area (Å²) in [6.07, 6.45) is 4.89. The Morgan fingerprint density at radius 3 is 2.83 bits per heavy atom. The zero-order valence-electron chi connectivity index (χ0n) is 15.9. The van der Waals surface area contributed by atoms with Gasteiger partial charge in [-0.1, -0.05) is 6.07 Å². The Morgan fingerprint density at radius 2 is 2.14 bits per heavy atom. The topological polar surface area (TPSA) is 95.3 Å². The van der Waals surface area contributed by atoms with Crippen molar-refractivity contribution in [2.45, 2.75) is 17.7 Å². The smallest absolute Gasteiger partial charge is 0.266 e. The van der Waals surface area contributed by atoms with Crippen LogP contribution in [0.2, 0.25) is 0 Å². The molecule has 1 N–H and O–H groups in total. The van der Waals surface area contributed by atoms with Crippen molar-refractivity contribution in [3.05, 3.63) is 48.4 Å². The number of nitrogens with zero attached hydrogens (tertiary/aromatic N) is 3. The van der Waals surface area contributed by atoms with E-state index < -0.39 is 0 Å². The Hall–Kier alpha value is -3.18. The quantitative estimate of drug-likeness (QED) is 0.626. The van der Waals surface area contributed by atoms with Gasteiger partial charge in [-0.3, -0.25) is 4.79 Å². The fourth-order valence-corrected chi connectivity index (χ4v) is 3.85. The maximum atomic E-state index is 12.7. The molecule has 4 rings (SSSR count). The molecule has 1 aromatic carbocycles. The maximum absolute atomic E-state index is 12.7. The third-order valence-electron chi connectivity index (χ3n) is 4.94. The summed E-state index contributed by atoms with van der Waals surface area (Å²) in [5.74, 6) is 1.15. The summed E-state index contributed by atoms with van der Waals surface area (Å²) in [5, 5.41) is 12.4. The average molecular weight is 408 g/mol. The van der Waals surface area contributed by atoms with Gasteiger partial charge >= 0.3 is 0 Å². The zero-order chi connectivity index (χ0) is 20.2. The molecule has 0 saturated carbocycles. The molecule has 7 nitrogen and oxygen atoms in total. The Morgan fingerprint density at radius 1 is 1.31 bits per heavy atom. The molecule has 1 aliphatic rings. The van der Waals surface area contributed by atoms with Crippen LogP contribution in [-0.2, 0) is 4.79 Å². The fourth-order valence-electron chi connectivity index (χ4n) is 3.39. The number of piperidine rings is 1. The molecule has 148 valence electrons. The first kappa shape index (κ1) is 19.2. The maximum Gasteiger partial charge on any atom is 0.266 e. The Balaban J connectivity index is 1.40. The third-order valence-corrected chi connectivity index (χ3v) is 5.66. The molecule has 1 amide bonds. The number of nitriles is 1. The first-order valence-corrected chi connectivity index (χ1v) is 10.5. The van der Waals surface area contributed by atoms with E-state index in [2.05, 4.69) is 16.4 Å². The van der Waals surface area contributed by atoms with E-state index in [1.54, 1.807) is 23.9 Å². The number of furan rings is 1. The summed E-state index contributed by atoms with van der Waals surface area (Å²) < 4.78 is 11.1. The summed E-state index contributed by atoms with van der Waals surface area (Å²) in [6, 6.07) is 13.4. The van der Waals surface area contributed by atoms with Crippen LogP contribution in [0, 0.1) is 17.2 Å². The van der Waals surface area contributed by atoms with E-state index in [1.807, 2.05) is 35.4 Å². The normalized spacial score (nSPS) is 14.6. The molecule has 3 heterocycles. The van der Waals surface area contributed by atoms with Crippen LogP contribution in [0.25, 0.3) is 11.7 Å². The number of rotatable bonds is 5. The number of hydrogen-bond acceptors (Lipinski definition) is 7. The van der Waals surface area contributed by atoms with Crippen LogP contribution in [0.15, 0.2) is 56.4 Å². The van der Waals surface area contributed by atoms with Gasteiger partial charge in [0, 0.05) is 29.6 Å². The van der Waals surface area contributed by atoms with Gasteiger partial charge in [0.15, 0.2) is 5.76 Å². The first-order chi connectivity index (χ1) is 14.2. The molecule has 2 aromatic heterocycles. The first-order valence-electron chi connectivity index (χ1n) is 9.32. The van der Waals surface area contributed by atoms with Crippen molar-refractivity contribution in [1.29, 1.82) is 5.26 Å². The largest absolute Gasteiger partial charge is 0.459 e. The van der Waals surface area contributed by atoms with E-state index in [0.717, 1.165) is 10.6 Å². The lowest BCUT2D eigenvalue weighted by molar-refractivity contribution is -0.120. The number of thioether (sulfide) groups is 1. The Kier molecular flexibility index (Phi) is 5.58. The molecular formula is C21H20N4O3S. The van der Waals surface area contributed by atoms with Crippen molar-refractivity contribution in [3.8, 4) is 17.7 Å². The van der Waals surface area contributed by atoms with E-state index in [0.29, 0.717) is 37.6 Å². The predicted octanol–water partition coefficient (Wildman–Crippen LogP) is 4.38. The van der Waals surface area contributed by atoms with Gasteiger partial charge < -0.3 is 19.1 Å². The molecule has 0 unspecified atom stereocenters. The van der Waals surface area contributed by atoms with Crippen molar-refractivity contribution >= 4 is 29.2 Å².